The molecule has 0 radical (unpaired) electrons. The number of carbonyl (C=O) groups is 4. The summed E-state index contributed by atoms with van der Waals surface area (Å²) < 4.78 is 106. The molecule has 25 heteroatoms. The lowest BCUT2D eigenvalue weighted by Gasteiger charge is -2.10. The van der Waals surface area contributed by atoms with Gasteiger partial charge in [-0.1, -0.05) is 49.4 Å². The zero-order valence-corrected chi connectivity index (χ0v) is 33.5. The first-order valence-corrected chi connectivity index (χ1v) is 17.2. The lowest BCUT2D eigenvalue weighted by atomic mass is 10.1. The zero-order chi connectivity index (χ0) is 47.8. The second kappa shape index (κ2) is 20.7. The molecule has 0 saturated carbocycles. The number of carboxylic acids is 1. The molecule has 0 aliphatic rings. The van der Waals surface area contributed by atoms with Crippen LogP contribution in [0.15, 0.2) is 69.7 Å². The van der Waals surface area contributed by atoms with E-state index < -0.39 is 63.3 Å². The van der Waals surface area contributed by atoms with Crippen LogP contribution in [0.2, 0.25) is 0 Å². The normalized spacial score (nSPS) is 12.6. The van der Waals surface area contributed by atoms with Crippen LogP contribution in [-0.2, 0) is 26.4 Å². The van der Waals surface area contributed by atoms with Crippen LogP contribution in [0.25, 0.3) is 22.8 Å². The minimum Gasteiger partial charge on any atom is -0.478 e. The highest BCUT2D eigenvalue weighted by Crippen LogP contribution is 2.30. The predicted octanol–water partition coefficient (Wildman–Crippen LogP) is 6.69. The number of aromatic carboxylic acids is 1. The van der Waals surface area contributed by atoms with Crippen LogP contribution in [-0.4, -0.2) is 91.5 Å². The van der Waals surface area contributed by atoms with Crippen molar-refractivity contribution in [3.63, 3.8) is 0 Å². The number of halogens is 6. The molecule has 0 aliphatic heterocycles. The maximum Gasteiger partial charge on any atom is 0.435 e. The number of amides is 3. The number of aryl methyl sites for hydroxylation is 2. The molecule has 4 heterocycles. The first-order chi connectivity index (χ1) is 29.8. The molecular formula is C38H44F6N11O7P. The Bertz CT molecular complexity index is 2610. The summed E-state index contributed by atoms with van der Waals surface area (Å²) in [6.07, 6.45) is -9.33. The maximum absolute atomic E-state index is 12.8. The van der Waals surface area contributed by atoms with Gasteiger partial charge in [0.1, 0.15) is 23.5 Å². The van der Waals surface area contributed by atoms with E-state index in [1.165, 1.54) is 44.1 Å². The monoisotopic (exact) mass is 917 g/mol. The van der Waals surface area contributed by atoms with E-state index in [-0.39, 0.29) is 61.1 Å². The van der Waals surface area contributed by atoms with Gasteiger partial charge in [-0.25, -0.2) is 4.79 Å². The summed E-state index contributed by atoms with van der Waals surface area (Å²) in [5, 5.41) is 28.2. The molecule has 18 nitrogen and oxygen atoms in total. The molecule has 0 fully saturated rings. The van der Waals surface area contributed by atoms with E-state index in [0.717, 1.165) is 9.36 Å². The fraction of sp³-hybridized carbons (Fsp3) is 0.316. The summed E-state index contributed by atoms with van der Waals surface area (Å²) in [6, 6.07) is 12.2. The molecule has 3 amide bonds. The van der Waals surface area contributed by atoms with Crippen molar-refractivity contribution in [1.29, 1.82) is 3.84 Å². The van der Waals surface area contributed by atoms with E-state index in [1.807, 2.05) is 0 Å². The Hall–Kier alpha value is -6.97. The Morgan fingerprint density at radius 3 is 1.46 bits per heavy atom. The molecule has 2 atom stereocenters. The molecular weight excluding hydrogens is 867 g/mol. The smallest absolute Gasteiger partial charge is 0.435 e. The Morgan fingerprint density at radius 2 is 1.11 bits per heavy atom. The highest BCUT2D eigenvalue weighted by Gasteiger charge is 2.37. The number of alkyl halides is 6. The lowest BCUT2D eigenvalue weighted by molar-refractivity contribution is -0.142. The molecule has 3 N–H and O–H groups in total. The standard InChI is InChI=1S/C19H19F3N6O3.C17H14F3N5O4.2CH4.H3P/c1-10(23-16(29)13-9-14(19(20,21)22)25-28(13)4)17-24-15(26-31-17)11-6-5-7-12(8-11)18(30)27(2)3;1-8(21-14(26)11-7-12(17(18,19)20)23-25(11)2)15-22-13(24-29-15)9-4-3-5-10(6-9)16(27)28;;;/h5-10H,1-4H3,(H,23,29);3-8H,1-2H3,(H,21,26)(H,27,28);2*1H4;1H3/i;;;;1T3. The van der Waals surface area contributed by atoms with Gasteiger partial charge in [-0.2, -0.15) is 56.2 Å². The summed E-state index contributed by atoms with van der Waals surface area (Å²) in [5.41, 5.74) is -1.52. The molecule has 6 rings (SSSR count). The summed E-state index contributed by atoms with van der Waals surface area (Å²) in [6.45, 7) is 3.05. The number of carbonyl (C=O) groups excluding carboxylic acids is 3. The second-order valence-corrected chi connectivity index (χ2v) is 13.0. The Kier molecular flexibility index (Phi) is 15.5. The van der Waals surface area contributed by atoms with Gasteiger partial charge in [-0.05, 0) is 38.1 Å². The molecule has 340 valence electrons. The molecule has 0 aliphatic carbocycles. The SMILES string of the molecule is C.C.CC(NC(=O)c1cc(C(F)(F)F)nn1C)c1nc(-c2cccc(C(=O)N(C)C)c2)no1.CC(NC(=O)c1cc(C(F)(F)F)nn1C)c1nc(-c2cccc(C(=O)O)c2)no1.[3H]P([3H])[3H]. The Balaban J connectivity index is 0.000000408. The summed E-state index contributed by atoms with van der Waals surface area (Å²) in [5.74, 6) is -2.56. The second-order valence-electron chi connectivity index (χ2n) is 13.0. The van der Waals surface area contributed by atoms with Crippen LogP contribution >= 0.6 is 9.73 Å². The summed E-state index contributed by atoms with van der Waals surface area (Å²) in [4.78, 5) is 57.6. The average molecular weight is 918 g/mol. The van der Waals surface area contributed by atoms with E-state index in [9.17, 15) is 45.5 Å². The number of hydrogen-bond acceptors (Lipinski definition) is 12. The number of nitrogens with zero attached hydrogens (tertiary/aromatic N) is 9. The highest BCUT2D eigenvalue weighted by molar-refractivity contribution is 6.92. The zero-order valence-electron chi connectivity index (χ0n) is 35.6. The first kappa shape index (κ1) is 47.1. The first-order valence-electron chi connectivity index (χ1n) is 18.5. The van der Waals surface area contributed by atoms with Gasteiger partial charge >= 0.3 is 18.3 Å². The van der Waals surface area contributed by atoms with E-state index in [2.05, 4.69) is 41.1 Å². The van der Waals surface area contributed by atoms with E-state index in [1.54, 1.807) is 51.4 Å². The highest BCUT2D eigenvalue weighted by atomic mass is 31.0. The van der Waals surface area contributed by atoms with Crippen molar-refractivity contribution in [3.05, 3.63) is 106 Å². The van der Waals surface area contributed by atoms with E-state index in [0.29, 0.717) is 28.8 Å². The number of carboxylic acid groups (broad SMARTS) is 1. The minimum absolute atomic E-state index is 0. The van der Waals surface area contributed by atoms with Gasteiger partial charge in [-0.15, -0.1) is 0 Å². The fourth-order valence-electron chi connectivity index (χ4n) is 5.20. The third kappa shape index (κ3) is 12.6. The van der Waals surface area contributed by atoms with E-state index >= 15 is 0 Å². The van der Waals surface area contributed by atoms with Gasteiger partial charge in [0.05, 0.1) is 9.40 Å². The summed E-state index contributed by atoms with van der Waals surface area (Å²) in [7, 11) is 3.85. The van der Waals surface area contributed by atoms with Crippen LogP contribution in [0.3, 0.4) is 0 Å². The fourth-order valence-corrected chi connectivity index (χ4v) is 5.20. The van der Waals surface area contributed by atoms with Crippen molar-refractivity contribution in [2.45, 2.75) is 53.1 Å². The van der Waals surface area contributed by atoms with E-state index in [4.69, 9.17) is 18.0 Å². The van der Waals surface area contributed by atoms with Crippen molar-refractivity contribution in [3.8, 4) is 22.8 Å². The molecule has 0 saturated heterocycles. The summed E-state index contributed by atoms with van der Waals surface area (Å²) >= 11 is 0. The van der Waals surface area contributed by atoms with Gasteiger partial charge in [0, 0.05) is 57.0 Å². The molecule has 2 unspecified atom stereocenters. The van der Waals surface area contributed by atoms with Crippen molar-refractivity contribution >= 4 is 33.4 Å². The molecule has 6 aromatic rings. The quantitative estimate of drug-likeness (QED) is 0.0962. The van der Waals surface area contributed by atoms with Crippen molar-refractivity contribution < 1.29 is 59.7 Å². The van der Waals surface area contributed by atoms with Gasteiger partial charge in [0.25, 0.3) is 17.7 Å². The van der Waals surface area contributed by atoms with Crippen LogP contribution in [0.1, 0.15) is 106 Å². The molecule has 2 aromatic carbocycles. The van der Waals surface area contributed by atoms with Crippen LogP contribution in [0.4, 0.5) is 26.3 Å². The predicted molar refractivity (Wildman–Crippen MR) is 217 cm³/mol. The van der Waals surface area contributed by atoms with Crippen molar-refractivity contribution in [1.82, 2.24) is 55.4 Å². The van der Waals surface area contributed by atoms with Gasteiger partial charge < -0.3 is 29.7 Å². The topological polar surface area (TPSA) is 229 Å². The largest absolute Gasteiger partial charge is 0.478 e. The number of benzene rings is 2. The van der Waals surface area contributed by atoms with Crippen molar-refractivity contribution in [2.75, 3.05) is 14.1 Å². The number of nitrogens with one attached hydrogen (secondary N) is 2. The van der Waals surface area contributed by atoms with Crippen LogP contribution < -0.4 is 10.6 Å². The lowest BCUT2D eigenvalue weighted by Crippen LogP contribution is -2.28. The minimum atomic E-state index is -4.67. The van der Waals surface area contributed by atoms with Gasteiger partial charge in [0.2, 0.25) is 23.4 Å². The number of rotatable bonds is 10. The van der Waals surface area contributed by atoms with Gasteiger partial charge in [-0.3, -0.25) is 23.7 Å². The number of hydrogen-bond donors (Lipinski definition) is 3. The van der Waals surface area contributed by atoms with Gasteiger partial charge in [0.15, 0.2) is 11.4 Å². The maximum atomic E-state index is 12.8. The van der Waals surface area contributed by atoms with Crippen LogP contribution in [0, 0.1) is 0 Å². The Morgan fingerprint density at radius 1 is 0.730 bits per heavy atom. The third-order valence-corrected chi connectivity index (χ3v) is 8.27. The van der Waals surface area contributed by atoms with Crippen molar-refractivity contribution in [2.24, 2.45) is 14.1 Å². The Labute approximate surface area is 362 Å². The molecule has 4 aromatic heterocycles. The number of aromatic nitrogens is 8. The van der Waals surface area contributed by atoms with Crippen LogP contribution in [0.5, 0.6) is 0 Å². The molecule has 63 heavy (non-hydrogen) atoms. The third-order valence-electron chi connectivity index (χ3n) is 8.27. The molecule has 0 bridgehead atoms. The average Bonchev–Trinajstić information content (AvgIpc) is 4.04. The molecule has 0 spiro atoms.